The topological polar surface area (TPSA) is 37.2 Å². The van der Waals surface area contributed by atoms with Crippen LogP contribution < -0.4 is 10.0 Å². The molecule has 0 saturated heterocycles. The molecule has 0 atom stereocenters. The van der Waals surface area contributed by atoms with Crippen LogP contribution in [0.4, 0.5) is 5.69 Å². The monoisotopic (exact) mass is 324 g/mol. The second kappa shape index (κ2) is 7.40. The van der Waals surface area contributed by atoms with Crippen molar-refractivity contribution in [1.82, 2.24) is 5.32 Å². The van der Waals surface area contributed by atoms with Crippen molar-refractivity contribution >= 4 is 17.6 Å². The molecular formula is C19H20N2OS. The van der Waals surface area contributed by atoms with Crippen LogP contribution in [0, 0.1) is 6.92 Å². The predicted octanol–water partition coefficient (Wildman–Crippen LogP) is 5.09. The molecule has 0 unspecified atom stereocenters. The molecule has 0 fully saturated rings. The molecule has 0 aliphatic rings. The molecule has 1 aromatic heterocycles. The van der Waals surface area contributed by atoms with E-state index < -0.39 is 0 Å². The fraction of sp³-hybridized carbons (Fsp3) is 0.158. The van der Waals surface area contributed by atoms with Crippen LogP contribution in [0.25, 0.3) is 11.3 Å². The first-order chi connectivity index (χ1) is 11.3. The quantitative estimate of drug-likeness (QED) is 0.619. The zero-order valence-corrected chi connectivity index (χ0v) is 14.1. The number of hydrogen-bond donors (Lipinski definition) is 2. The van der Waals surface area contributed by atoms with Crippen molar-refractivity contribution in [2.45, 2.75) is 18.4 Å². The average Bonchev–Trinajstić information content (AvgIpc) is 3.01. The molecule has 0 radical (unpaired) electrons. The van der Waals surface area contributed by atoms with E-state index in [2.05, 4.69) is 40.4 Å². The van der Waals surface area contributed by atoms with Crippen LogP contribution in [0.2, 0.25) is 0 Å². The highest BCUT2D eigenvalue weighted by molar-refractivity contribution is 8.00. The molecule has 0 saturated carbocycles. The molecule has 0 bridgehead atoms. The van der Waals surface area contributed by atoms with Crippen LogP contribution >= 0.6 is 11.9 Å². The van der Waals surface area contributed by atoms with Gasteiger partial charge in [-0.3, -0.25) is 0 Å². The van der Waals surface area contributed by atoms with E-state index >= 15 is 0 Å². The lowest BCUT2D eigenvalue weighted by molar-refractivity contribution is 0.548. The van der Waals surface area contributed by atoms with E-state index in [9.17, 15) is 0 Å². The Bertz CT molecular complexity index is 768. The molecule has 23 heavy (non-hydrogen) atoms. The number of nitrogens with one attached hydrogen (secondary N) is 2. The Balaban J connectivity index is 1.89. The third-order valence-corrected chi connectivity index (χ3v) is 4.32. The first-order valence-electron chi connectivity index (χ1n) is 7.58. The Morgan fingerprint density at radius 1 is 1.00 bits per heavy atom. The maximum Gasteiger partial charge on any atom is 0.136 e. The molecule has 0 amide bonds. The Morgan fingerprint density at radius 3 is 2.52 bits per heavy atom. The summed E-state index contributed by atoms with van der Waals surface area (Å²) in [5.74, 6) is 1.80. The van der Waals surface area contributed by atoms with Gasteiger partial charge in [0, 0.05) is 17.0 Å². The smallest absolute Gasteiger partial charge is 0.136 e. The van der Waals surface area contributed by atoms with Crippen LogP contribution in [0.5, 0.6) is 0 Å². The van der Waals surface area contributed by atoms with Crippen LogP contribution in [-0.2, 0) is 6.54 Å². The van der Waals surface area contributed by atoms with E-state index in [1.807, 2.05) is 44.3 Å². The summed E-state index contributed by atoms with van der Waals surface area (Å²) >= 11 is 1.60. The third kappa shape index (κ3) is 3.97. The number of aryl methyl sites for hydroxylation is 1. The van der Waals surface area contributed by atoms with Crippen LogP contribution in [0.3, 0.4) is 0 Å². The van der Waals surface area contributed by atoms with Crippen molar-refractivity contribution in [1.29, 1.82) is 0 Å². The van der Waals surface area contributed by atoms with E-state index in [0.29, 0.717) is 0 Å². The standard InChI is InChI=1S/C19H20N2OS/c1-14-8-11-19(22-14)17-10-9-15(13-20-2)12-18(17)21-23-16-6-4-3-5-7-16/h3-12,20-21H,13H2,1-2H3. The molecule has 3 aromatic rings. The summed E-state index contributed by atoms with van der Waals surface area (Å²) in [6.45, 7) is 2.80. The summed E-state index contributed by atoms with van der Waals surface area (Å²) in [6, 6.07) is 20.7. The van der Waals surface area contributed by atoms with Gasteiger partial charge < -0.3 is 14.5 Å². The van der Waals surface area contributed by atoms with Gasteiger partial charge in [0.15, 0.2) is 0 Å². The summed E-state index contributed by atoms with van der Waals surface area (Å²) < 4.78 is 9.26. The lowest BCUT2D eigenvalue weighted by Crippen LogP contribution is -2.05. The maximum atomic E-state index is 5.80. The minimum atomic E-state index is 0.835. The Morgan fingerprint density at radius 2 is 1.83 bits per heavy atom. The highest BCUT2D eigenvalue weighted by Gasteiger charge is 2.10. The maximum absolute atomic E-state index is 5.80. The second-order valence-electron chi connectivity index (χ2n) is 5.34. The molecule has 3 nitrogen and oxygen atoms in total. The molecule has 2 aromatic carbocycles. The van der Waals surface area contributed by atoms with Gasteiger partial charge in [-0.1, -0.05) is 24.3 Å². The van der Waals surface area contributed by atoms with E-state index in [1.54, 1.807) is 11.9 Å². The van der Waals surface area contributed by atoms with Crippen molar-refractivity contribution in [3.8, 4) is 11.3 Å². The zero-order valence-electron chi connectivity index (χ0n) is 13.3. The van der Waals surface area contributed by atoms with Gasteiger partial charge in [-0.25, -0.2) is 0 Å². The van der Waals surface area contributed by atoms with Gasteiger partial charge in [0.05, 0.1) is 5.69 Å². The molecule has 118 valence electrons. The molecule has 0 aliphatic carbocycles. The lowest BCUT2D eigenvalue weighted by atomic mass is 10.1. The van der Waals surface area contributed by atoms with E-state index in [0.717, 1.165) is 29.3 Å². The summed E-state index contributed by atoms with van der Waals surface area (Å²) in [6.07, 6.45) is 0. The Hall–Kier alpha value is -2.17. The van der Waals surface area contributed by atoms with Gasteiger partial charge in [-0.05, 0) is 67.9 Å². The summed E-state index contributed by atoms with van der Waals surface area (Å²) in [7, 11) is 1.95. The van der Waals surface area contributed by atoms with Gasteiger partial charge >= 0.3 is 0 Å². The fourth-order valence-corrected chi connectivity index (χ4v) is 3.08. The van der Waals surface area contributed by atoms with Crippen molar-refractivity contribution in [2.24, 2.45) is 0 Å². The normalized spacial score (nSPS) is 10.7. The number of rotatable bonds is 6. The van der Waals surface area contributed by atoms with Crippen LogP contribution in [0.15, 0.2) is 70.0 Å². The average molecular weight is 324 g/mol. The van der Waals surface area contributed by atoms with Crippen molar-refractivity contribution in [2.75, 3.05) is 11.8 Å². The molecule has 0 aliphatic heterocycles. The molecule has 3 rings (SSSR count). The number of hydrogen-bond acceptors (Lipinski definition) is 4. The highest BCUT2D eigenvalue weighted by Crippen LogP contribution is 2.33. The van der Waals surface area contributed by atoms with Crippen LogP contribution in [-0.4, -0.2) is 7.05 Å². The minimum absolute atomic E-state index is 0.835. The SMILES string of the molecule is CNCc1ccc(-c2ccc(C)o2)c(NSc2ccccc2)c1. The van der Waals surface area contributed by atoms with E-state index in [4.69, 9.17) is 4.42 Å². The summed E-state index contributed by atoms with van der Waals surface area (Å²) in [5, 5.41) is 3.19. The first kappa shape index (κ1) is 15.7. The van der Waals surface area contributed by atoms with Gasteiger partial charge in [0.25, 0.3) is 0 Å². The molecular weight excluding hydrogens is 304 g/mol. The van der Waals surface area contributed by atoms with E-state index in [-0.39, 0.29) is 0 Å². The van der Waals surface area contributed by atoms with E-state index in [1.165, 1.54) is 10.5 Å². The van der Waals surface area contributed by atoms with Gasteiger partial charge in [0.1, 0.15) is 11.5 Å². The minimum Gasteiger partial charge on any atom is -0.461 e. The first-order valence-corrected chi connectivity index (χ1v) is 8.40. The summed E-state index contributed by atoms with van der Waals surface area (Å²) in [5.41, 5.74) is 3.36. The highest BCUT2D eigenvalue weighted by atomic mass is 32.2. The summed E-state index contributed by atoms with van der Waals surface area (Å²) in [4.78, 5) is 1.17. The van der Waals surface area contributed by atoms with Gasteiger partial charge in [-0.2, -0.15) is 0 Å². The molecule has 0 spiro atoms. The number of anilines is 1. The largest absolute Gasteiger partial charge is 0.461 e. The fourth-order valence-electron chi connectivity index (χ4n) is 2.39. The van der Waals surface area contributed by atoms with Crippen molar-refractivity contribution in [3.63, 3.8) is 0 Å². The Kier molecular flexibility index (Phi) is 5.05. The van der Waals surface area contributed by atoms with Crippen molar-refractivity contribution < 1.29 is 4.42 Å². The third-order valence-electron chi connectivity index (χ3n) is 3.49. The molecule has 4 heteroatoms. The molecule has 2 N–H and O–H groups in total. The van der Waals surface area contributed by atoms with Crippen molar-refractivity contribution in [3.05, 3.63) is 72.0 Å². The zero-order chi connectivity index (χ0) is 16.1. The number of furan rings is 1. The lowest BCUT2D eigenvalue weighted by Gasteiger charge is -2.12. The van der Waals surface area contributed by atoms with Gasteiger partial charge in [-0.15, -0.1) is 0 Å². The molecule has 1 heterocycles. The van der Waals surface area contributed by atoms with Crippen LogP contribution in [0.1, 0.15) is 11.3 Å². The number of benzene rings is 2. The predicted molar refractivity (Wildman–Crippen MR) is 97.6 cm³/mol. The second-order valence-corrected chi connectivity index (χ2v) is 6.22. The Labute approximate surface area is 141 Å². The van der Waals surface area contributed by atoms with Gasteiger partial charge in [0.2, 0.25) is 0 Å².